The van der Waals surface area contributed by atoms with Crippen molar-refractivity contribution < 1.29 is 0 Å². The van der Waals surface area contributed by atoms with Gasteiger partial charge < -0.3 is 5.73 Å². The lowest BCUT2D eigenvalue weighted by molar-refractivity contribution is 0.490. The summed E-state index contributed by atoms with van der Waals surface area (Å²) < 4.78 is 0. The van der Waals surface area contributed by atoms with Crippen LogP contribution in [0.2, 0.25) is 0 Å². The summed E-state index contributed by atoms with van der Waals surface area (Å²) in [5.74, 6) is 0. The zero-order valence-corrected chi connectivity index (χ0v) is 8.38. The van der Waals surface area contributed by atoms with E-state index in [1.807, 2.05) is 6.07 Å². The average Bonchev–Trinajstić information content (AvgIpc) is 2.51. The molecule has 1 aromatic carbocycles. The summed E-state index contributed by atoms with van der Waals surface area (Å²) in [5.41, 5.74) is 8.00. The predicted octanol–water partition coefficient (Wildman–Crippen LogP) is 2.36. The van der Waals surface area contributed by atoms with Gasteiger partial charge >= 0.3 is 0 Å². The lowest BCUT2D eigenvalue weighted by Crippen LogP contribution is -2.30. The average molecular weight is 175 g/mol. The van der Waals surface area contributed by atoms with Crippen LogP contribution in [-0.2, 0) is 6.42 Å². The van der Waals surface area contributed by atoms with Gasteiger partial charge in [0, 0.05) is 5.54 Å². The minimum atomic E-state index is 0.0500. The van der Waals surface area contributed by atoms with E-state index in [9.17, 15) is 0 Å². The Bertz CT molecular complexity index is 302. The Balaban J connectivity index is 2.09. The first-order valence-corrected chi connectivity index (χ1v) is 4.86. The molecular formula is C12H17N. The molecule has 0 saturated heterocycles. The third-order valence-electron chi connectivity index (χ3n) is 3.34. The van der Waals surface area contributed by atoms with Crippen molar-refractivity contribution in [1.29, 1.82) is 0 Å². The molecule has 0 radical (unpaired) electrons. The van der Waals surface area contributed by atoms with E-state index in [-0.39, 0.29) is 5.54 Å². The Morgan fingerprint density at radius 2 is 1.77 bits per heavy atom. The quantitative estimate of drug-likeness (QED) is 0.733. The smallest absolute Gasteiger partial charge is 0.0253 e. The van der Waals surface area contributed by atoms with Crippen LogP contribution in [0.1, 0.15) is 25.8 Å². The second kappa shape index (κ2) is 2.58. The standard InChI is InChI=1S/C12H17N/c1-11(2)9-12(11,13)8-10-6-4-3-5-7-10/h3-7H,8-9,13H2,1-2H3. The molecule has 13 heavy (non-hydrogen) atoms. The van der Waals surface area contributed by atoms with Crippen LogP contribution in [0.25, 0.3) is 0 Å². The summed E-state index contributed by atoms with van der Waals surface area (Å²) in [5, 5.41) is 0. The molecule has 2 rings (SSSR count). The van der Waals surface area contributed by atoms with E-state index in [0.29, 0.717) is 5.41 Å². The van der Waals surface area contributed by atoms with Crippen molar-refractivity contribution >= 4 is 0 Å². The summed E-state index contributed by atoms with van der Waals surface area (Å²) in [4.78, 5) is 0. The van der Waals surface area contributed by atoms with E-state index in [4.69, 9.17) is 5.73 Å². The maximum absolute atomic E-state index is 6.26. The van der Waals surface area contributed by atoms with Crippen LogP contribution in [0.3, 0.4) is 0 Å². The maximum atomic E-state index is 6.26. The molecule has 0 spiro atoms. The predicted molar refractivity (Wildman–Crippen MR) is 55.5 cm³/mol. The van der Waals surface area contributed by atoms with Gasteiger partial charge in [-0.3, -0.25) is 0 Å². The molecule has 1 aliphatic carbocycles. The van der Waals surface area contributed by atoms with Gasteiger partial charge in [0.25, 0.3) is 0 Å². The third-order valence-corrected chi connectivity index (χ3v) is 3.34. The van der Waals surface area contributed by atoms with Crippen molar-refractivity contribution in [2.75, 3.05) is 0 Å². The van der Waals surface area contributed by atoms with Gasteiger partial charge in [0.2, 0.25) is 0 Å². The molecule has 0 amide bonds. The molecule has 2 N–H and O–H groups in total. The summed E-state index contributed by atoms with van der Waals surface area (Å²) >= 11 is 0. The lowest BCUT2D eigenvalue weighted by Gasteiger charge is -2.14. The summed E-state index contributed by atoms with van der Waals surface area (Å²) in [6, 6.07) is 10.5. The highest BCUT2D eigenvalue weighted by Gasteiger charge is 2.57. The van der Waals surface area contributed by atoms with Gasteiger partial charge in [-0.1, -0.05) is 44.2 Å². The number of nitrogens with two attached hydrogens (primary N) is 1. The van der Waals surface area contributed by atoms with Crippen LogP contribution in [-0.4, -0.2) is 5.54 Å². The Morgan fingerprint density at radius 3 is 2.23 bits per heavy atom. The summed E-state index contributed by atoms with van der Waals surface area (Å²) in [6.07, 6.45) is 2.16. The van der Waals surface area contributed by atoms with E-state index in [2.05, 4.69) is 38.1 Å². The van der Waals surface area contributed by atoms with Gasteiger partial charge in [-0.15, -0.1) is 0 Å². The highest BCUT2D eigenvalue weighted by Crippen LogP contribution is 2.55. The summed E-state index contributed by atoms with van der Waals surface area (Å²) in [7, 11) is 0. The van der Waals surface area contributed by atoms with Gasteiger partial charge in [-0.25, -0.2) is 0 Å². The first-order valence-electron chi connectivity index (χ1n) is 4.86. The zero-order chi connectivity index (χ0) is 9.53. The van der Waals surface area contributed by atoms with Crippen molar-refractivity contribution in [3.05, 3.63) is 35.9 Å². The fourth-order valence-electron chi connectivity index (χ4n) is 2.01. The van der Waals surface area contributed by atoms with Crippen LogP contribution in [0.15, 0.2) is 30.3 Å². The minimum Gasteiger partial charge on any atom is -0.324 e. The van der Waals surface area contributed by atoms with Gasteiger partial charge in [0.15, 0.2) is 0 Å². The molecule has 1 nitrogen and oxygen atoms in total. The van der Waals surface area contributed by atoms with Crippen molar-refractivity contribution in [2.24, 2.45) is 11.1 Å². The molecule has 1 fully saturated rings. The topological polar surface area (TPSA) is 26.0 Å². The van der Waals surface area contributed by atoms with E-state index < -0.39 is 0 Å². The lowest BCUT2D eigenvalue weighted by atomic mass is 9.97. The zero-order valence-electron chi connectivity index (χ0n) is 8.38. The SMILES string of the molecule is CC1(C)CC1(N)Cc1ccccc1. The second-order valence-corrected chi connectivity index (χ2v) is 4.88. The van der Waals surface area contributed by atoms with Crippen molar-refractivity contribution in [3.8, 4) is 0 Å². The molecule has 0 heterocycles. The molecule has 1 aliphatic rings. The molecule has 0 aliphatic heterocycles. The van der Waals surface area contributed by atoms with Gasteiger partial charge in [-0.05, 0) is 23.8 Å². The third kappa shape index (κ3) is 1.49. The van der Waals surface area contributed by atoms with Crippen LogP contribution in [0.5, 0.6) is 0 Å². The molecule has 1 heteroatoms. The van der Waals surface area contributed by atoms with Gasteiger partial charge in [0.05, 0.1) is 0 Å². The largest absolute Gasteiger partial charge is 0.324 e. The number of hydrogen-bond acceptors (Lipinski definition) is 1. The van der Waals surface area contributed by atoms with Crippen molar-refractivity contribution in [1.82, 2.24) is 0 Å². The Morgan fingerprint density at radius 1 is 1.23 bits per heavy atom. The van der Waals surface area contributed by atoms with Crippen LogP contribution < -0.4 is 5.73 Å². The van der Waals surface area contributed by atoms with E-state index >= 15 is 0 Å². The van der Waals surface area contributed by atoms with E-state index in [1.165, 1.54) is 5.56 Å². The first kappa shape index (κ1) is 8.76. The Hall–Kier alpha value is -0.820. The summed E-state index contributed by atoms with van der Waals surface area (Å²) in [6.45, 7) is 4.49. The molecule has 1 unspecified atom stereocenters. The molecular weight excluding hydrogens is 158 g/mol. The molecule has 1 aromatic rings. The van der Waals surface area contributed by atoms with Gasteiger partial charge in [-0.2, -0.15) is 0 Å². The Kier molecular flexibility index (Phi) is 1.74. The number of rotatable bonds is 2. The normalized spacial score (nSPS) is 30.1. The minimum absolute atomic E-state index is 0.0500. The monoisotopic (exact) mass is 175 g/mol. The van der Waals surface area contributed by atoms with Crippen molar-refractivity contribution in [2.45, 2.75) is 32.2 Å². The van der Waals surface area contributed by atoms with Gasteiger partial charge in [0.1, 0.15) is 0 Å². The van der Waals surface area contributed by atoms with Crippen molar-refractivity contribution in [3.63, 3.8) is 0 Å². The second-order valence-electron chi connectivity index (χ2n) is 4.88. The highest BCUT2D eigenvalue weighted by molar-refractivity contribution is 5.25. The van der Waals surface area contributed by atoms with Crippen LogP contribution in [0, 0.1) is 5.41 Å². The Labute approximate surface area is 80.0 Å². The fourth-order valence-corrected chi connectivity index (χ4v) is 2.01. The molecule has 1 atom stereocenters. The van der Waals surface area contributed by atoms with Crippen LogP contribution >= 0.6 is 0 Å². The maximum Gasteiger partial charge on any atom is 0.0253 e. The molecule has 0 bridgehead atoms. The van der Waals surface area contributed by atoms with E-state index in [1.54, 1.807) is 0 Å². The first-order chi connectivity index (χ1) is 6.04. The highest BCUT2D eigenvalue weighted by atomic mass is 14.9. The molecule has 0 aromatic heterocycles. The number of hydrogen-bond donors (Lipinski definition) is 1. The molecule has 70 valence electrons. The van der Waals surface area contributed by atoms with E-state index in [0.717, 1.165) is 12.8 Å². The number of benzene rings is 1. The molecule has 1 saturated carbocycles. The fraction of sp³-hybridized carbons (Fsp3) is 0.500. The van der Waals surface area contributed by atoms with Crippen LogP contribution in [0.4, 0.5) is 0 Å².